The molecule has 1 aromatic carbocycles. The molecule has 1 aliphatic heterocycles. The first kappa shape index (κ1) is 20.7. The van der Waals surface area contributed by atoms with Gasteiger partial charge in [0.05, 0.1) is 13.0 Å². The fraction of sp³-hybridized carbons (Fsp3) is 0.550. The SMILES string of the molecule is CN=C(NCCC(=O)N(C)Cc1ccccc1)N1CCC(C(=O)OC)CC1. The first-order valence-electron chi connectivity index (χ1n) is 9.36. The van der Waals surface area contributed by atoms with Crippen molar-refractivity contribution in [3.63, 3.8) is 0 Å². The van der Waals surface area contributed by atoms with Crippen LogP contribution in [0, 0.1) is 5.92 Å². The summed E-state index contributed by atoms with van der Waals surface area (Å²) in [7, 11) is 4.99. The number of rotatable bonds is 6. The summed E-state index contributed by atoms with van der Waals surface area (Å²) < 4.78 is 4.82. The van der Waals surface area contributed by atoms with Crippen molar-refractivity contribution in [1.82, 2.24) is 15.1 Å². The Labute approximate surface area is 161 Å². The smallest absolute Gasteiger partial charge is 0.308 e. The zero-order valence-electron chi connectivity index (χ0n) is 16.5. The number of hydrogen-bond donors (Lipinski definition) is 1. The second kappa shape index (κ2) is 10.5. The van der Waals surface area contributed by atoms with Crippen LogP contribution in [0.1, 0.15) is 24.8 Å². The lowest BCUT2D eigenvalue weighted by atomic mass is 9.97. The van der Waals surface area contributed by atoms with Crippen LogP contribution in [0.3, 0.4) is 0 Å². The maximum absolute atomic E-state index is 12.3. The summed E-state index contributed by atoms with van der Waals surface area (Å²) in [5.74, 6) is 0.699. The molecule has 0 atom stereocenters. The third-order valence-electron chi connectivity index (χ3n) is 4.85. The molecule has 0 radical (unpaired) electrons. The van der Waals surface area contributed by atoms with Crippen LogP contribution in [0.15, 0.2) is 35.3 Å². The number of hydrogen-bond acceptors (Lipinski definition) is 4. The van der Waals surface area contributed by atoms with Crippen LogP contribution in [0.5, 0.6) is 0 Å². The van der Waals surface area contributed by atoms with E-state index in [-0.39, 0.29) is 17.8 Å². The molecule has 1 fully saturated rings. The Morgan fingerprint density at radius 1 is 1.26 bits per heavy atom. The van der Waals surface area contributed by atoms with E-state index in [1.54, 1.807) is 11.9 Å². The van der Waals surface area contributed by atoms with E-state index in [2.05, 4.69) is 15.2 Å². The molecule has 1 aliphatic rings. The average molecular weight is 374 g/mol. The van der Waals surface area contributed by atoms with Crippen LogP contribution >= 0.6 is 0 Å². The number of carbonyl (C=O) groups is 2. The van der Waals surface area contributed by atoms with E-state index in [0.29, 0.717) is 19.5 Å². The summed E-state index contributed by atoms with van der Waals surface area (Å²) in [5, 5.41) is 3.26. The van der Waals surface area contributed by atoms with Crippen molar-refractivity contribution in [3.8, 4) is 0 Å². The highest BCUT2D eigenvalue weighted by Gasteiger charge is 2.26. The second-order valence-electron chi connectivity index (χ2n) is 6.74. The van der Waals surface area contributed by atoms with Crippen molar-refractivity contribution in [2.75, 3.05) is 40.8 Å². The molecule has 7 nitrogen and oxygen atoms in total. The van der Waals surface area contributed by atoms with Crippen molar-refractivity contribution in [2.45, 2.75) is 25.8 Å². The van der Waals surface area contributed by atoms with Crippen LogP contribution in [0.25, 0.3) is 0 Å². The summed E-state index contributed by atoms with van der Waals surface area (Å²) in [6.07, 6.45) is 1.92. The molecule has 1 amide bonds. The lowest BCUT2D eigenvalue weighted by molar-refractivity contribution is -0.146. The molecule has 148 valence electrons. The number of carbonyl (C=O) groups excluding carboxylic acids is 2. The van der Waals surface area contributed by atoms with Gasteiger partial charge in [0, 0.05) is 46.7 Å². The highest BCUT2D eigenvalue weighted by molar-refractivity contribution is 5.82. The molecule has 0 saturated carbocycles. The highest BCUT2D eigenvalue weighted by atomic mass is 16.5. The maximum atomic E-state index is 12.3. The maximum Gasteiger partial charge on any atom is 0.308 e. The Hall–Kier alpha value is -2.57. The number of ether oxygens (including phenoxy) is 1. The molecule has 1 saturated heterocycles. The topological polar surface area (TPSA) is 74.2 Å². The molecule has 1 N–H and O–H groups in total. The van der Waals surface area contributed by atoms with Crippen molar-refractivity contribution >= 4 is 17.8 Å². The summed E-state index contributed by atoms with van der Waals surface area (Å²) in [6, 6.07) is 9.95. The monoisotopic (exact) mass is 374 g/mol. The molecule has 0 unspecified atom stereocenters. The number of aliphatic imine (C=N–C) groups is 1. The Kier molecular flexibility index (Phi) is 8.10. The second-order valence-corrected chi connectivity index (χ2v) is 6.74. The zero-order valence-corrected chi connectivity index (χ0v) is 16.5. The average Bonchev–Trinajstić information content (AvgIpc) is 2.71. The third kappa shape index (κ3) is 6.27. The van der Waals surface area contributed by atoms with E-state index in [1.807, 2.05) is 37.4 Å². The molecular formula is C20H30N4O3. The predicted molar refractivity (Wildman–Crippen MR) is 105 cm³/mol. The summed E-state index contributed by atoms with van der Waals surface area (Å²) in [5.41, 5.74) is 1.12. The van der Waals surface area contributed by atoms with E-state index in [4.69, 9.17) is 4.74 Å². The lowest BCUT2D eigenvalue weighted by Gasteiger charge is -2.33. The molecule has 1 aromatic rings. The van der Waals surface area contributed by atoms with E-state index < -0.39 is 0 Å². The molecule has 0 bridgehead atoms. The van der Waals surface area contributed by atoms with Gasteiger partial charge in [-0.3, -0.25) is 14.6 Å². The van der Waals surface area contributed by atoms with Crippen molar-refractivity contribution in [2.24, 2.45) is 10.9 Å². The van der Waals surface area contributed by atoms with Gasteiger partial charge in [0.1, 0.15) is 0 Å². The fourth-order valence-corrected chi connectivity index (χ4v) is 3.24. The van der Waals surface area contributed by atoms with Crippen LogP contribution in [-0.2, 0) is 20.9 Å². The zero-order chi connectivity index (χ0) is 19.6. The molecule has 7 heteroatoms. The molecule has 0 spiro atoms. The van der Waals surface area contributed by atoms with Crippen molar-refractivity contribution < 1.29 is 14.3 Å². The summed E-state index contributed by atoms with van der Waals surface area (Å²) in [6.45, 7) is 2.64. The van der Waals surface area contributed by atoms with Gasteiger partial charge in [-0.2, -0.15) is 0 Å². The first-order chi connectivity index (χ1) is 13.0. The van der Waals surface area contributed by atoms with Gasteiger partial charge in [-0.1, -0.05) is 30.3 Å². The van der Waals surface area contributed by atoms with Gasteiger partial charge in [0.25, 0.3) is 0 Å². The molecule has 0 aromatic heterocycles. The Morgan fingerprint density at radius 2 is 1.93 bits per heavy atom. The Balaban J connectivity index is 1.73. The van der Waals surface area contributed by atoms with Crippen LogP contribution < -0.4 is 5.32 Å². The van der Waals surface area contributed by atoms with Gasteiger partial charge >= 0.3 is 5.97 Å². The van der Waals surface area contributed by atoms with E-state index >= 15 is 0 Å². The minimum atomic E-state index is -0.135. The number of nitrogens with zero attached hydrogens (tertiary/aromatic N) is 3. The van der Waals surface area contributed by atoms with Gasteiger partial charge in [-0.25, -0.2) is 0 Å². The number of nitrogens with one attached hydrogen (secondary N) is 1. The van der Waals surface area contributed by atoms with E-state index in [1.165, 1.54) is 7.11 Å². The van der Waals surface area contributed by atoms with Gasteiger partial charge in [0.2, 0.25) is 5.91 Å². The molecule has 2 rings (SSSR count). The highest BCUT2D eigenvalue weighted by Crippen LogP contribution is 2.18. The predicted octanol–water partition coefficient (Wildman–Crippen LogP) is 1.50. The number of benzene rings is 1. The third-order valence-corrected chi connectivity index (χ3v) is 4.85. The first-order valence-corrected chi connectivity index (χ1v) is 9.36. The number of amides is 1. The van der Waals surface area contributed by atoms with Gasteiger partial charge in [-0.15, -0.1) is 0 Å². The van der Waals surface area contributed by atoms with Crippen LogP contribution in [-0.4, -0.2) is 68.5 Å². The van der Waals surface area contributed by atoms with Crippen molar-refractivity contribution in [3.05, 3.63) is 35.9 Å². The van der Waals surface area contributed by atoms with Crippen molar-refractivity contribution in [1.29, 1.82) is 0 Å². The van der Waals surface area contributed by atoms with Gasteiger partial charge in [0.15, 0.2) is 5.96 Å². The number of piperidine rings is 1. The quantitative estimate of drug-likeness (QED) is 0.464. The lowest BCUT2D eigenvalue weighted by Crippen LogP contribution is -2.47. The summed E-state index contributed by atoms with van der Waals surface area (Å²) in [4.78, 5) is 32.1. The molecule has 27 heavy (non-hydrogen) atoms. The molecule has 0 aliphatic carbocycles. The summed E-state index contributed by atoms with van der Waals surface area (Å²) >= 11 is 0. The van der Waals surface area contributed by atoms with Crippen LogP contribution in [0.2, 0.25) is 0 Å². The number of methoxy groups -OCH3 is 1. The fourth-order valence-electron chi connectivity index (χ4n) is 3.24. The minimum absolute atomic E-state index is 0.0300. The Bertz CT molecular complexity index is 640. The Morgan fingerprint density at radius 3 is 2.52 bits per heavy atom. The van der Waals surface area contributed by atoms with Gasteiger partial charge < -0.3 is 19.9 Å². The number of likely N-dealkylation sites (tertiary alicyclic amines) is 1. The normalized spacial score (nSPS) is 15.4. The van der Waals surface area contributed by atoms with E-state index in [0.717, 1.165) is 37.5 Å². The standard InChI is InChI=1S/C20H30N4O3/c1-21-20(24-13-10-17(11-14-24)19(26)27-3)22-12-9-18(25)23(2)15-16-7-5-4-6-8-16/h4-8,17H,9-15H2,1-3H3,(H,21,22). The van der Waals surface area contributed by atoms with Gasteiger partial charge in [-0.05, 0) is 18.4 Å². The largest absolute Gasteiger partial charge is 0.469 e. The molecule has 1 heterocycles. The van der Waals surface area contributed by atoms with E-state index in [9.17, 15) is 9.59 Å². The minimum Gasteiger partial charge on any atom is -0.469 e. The van der Waals surface area contributed by atoms with Crippen LogP contribution in [0.4, 0.5) is 0 Å². The number of esters is 1. The number of guanidine groups is 1. The molecular weight excluding hydrogens is 344 g/mol.